The summed E-state index contributed by atoms with van der Waals surface area (Å²) in [6.07, 6.45) is 2.29. The molecule has 1 amide bonds. The van der Waals surface area contributed by atoms with Crippen LogP contribution in [0.15, 0.2) is 30.3 Å². The van der Waals surface area contributed by atoms with Crippen molar-refractivity contribution in [1.82, 2.24) is 10.9 Å². The largest absolute Gasteiger partial charge is 0.495 e. The molecule has 2 aromatic carbocycles. The number of amides is 1. The van der Waals surface area contributed by atoms with Gasteiger partial charge in [-0.15, -0.1) is 0 Å². The lowest BCUT2D eigenvalue weighted by Crippen LogP contribution is -2.31. The number of para-hydroxylation sites is 1. The van der Waals surface area contributed by atoms with Crippen LogP contribution in [0.2, 0.25) is 10.0 Å². The zero-order valence-corrected chi connectivity index (χ0v) is 19.2. The molecule has 6 nitrogen and oxygen atoms in total. The molecule has 164 valence electrons. The van der Waals surface area contributed by atoms with Gasteiger partial charge < -0.3 is 14.8 Å². The molecule has 3 N–H and O–H groups in total. The van der Waals surface area contributed by atoms with Gasteiger partial charge in [0.05, 0.1) is 24.3 Å². The Morgan fingerprint density at radius 3 is 2.48 bits per heavy atom. The number of nitrogens with one attached hydrogen (secondary N) is 3. The van der Waals surface area contributed by atoms with E-state index >= 15 is 0 Å². The molecule has 2 unspecified atom stereocenters. The first kappa shape index (κ1) is 23.2. The van der Waals surface area contributed by atoms with Crippen LogP contribution in [0.3, 0.4) is 0 Å². The van der Waals surface area contributed by atoms with Crippen molar-refractivity contribution in [3.8, 4) is 23.3 Å². The molecule has 1 saturated heterocycles. The molecule has 1 heterocycles. The van der Waals surface area contributed by atoms with Crippen molar-refractivity contribution in [3.05, 3.63) is 51.5 Å². The molecule has 1 fully saturated rings. The van der Waals surface area contributed by atoms with Gasteiger partial charge in [0, 0.05) is 23.8 Å². The van der Waals surface area contributed by atoms with Crippen LogP contribution in [0.5, 0.6) is 11.5 Å². The first-order valence-electron chi connectivity index (χ1n) is 9.91. The summed E-state index contributed by atoms with van der Waals surface area (Å²) in [4.78, 5) is 11.9. The quantitative estimate of drug-likeness (QED) is 0.528. The third-order valence-corrected chi connectivity index (χ3v) is 6.04. The molecule has 1 aliphatic heterocycles. The third-order valence-electron chi connectivity index (χ3n) is 5.21. The number of carbonyl (C=O) groups excluding carboxylic acids is 1. The van der Waals surface area contributed by atoms with E-state index in [4.69, 9.17) is 32.7 Å². The zero-order chi connectivity index (χ0) is 22.4. The third kappa shape index (κ3) is 5.44. The van der Waals surface area contributed by atoms with Crippen molar-refractivity contribution in [1.29, 1.82) is 0 Å². The summed E-state index contributed by atoms with van der Waals surface area (Å²) in [5.74, 6) is 5.86. The molecule has 0 spiro atoms. The van der Waals surface area contributed by atoms with Crippen molar-refractivity contribution >= 4 is 34.8 Å². The number of carbonyl (C=O) groups is 1. The van der Waals surface area contributed by atoms with Crippen LogP contribution < -0.4 is 25.6 Å². The molecule has 0 bridgehead atoms. The fourth-order valence-corrected chi connectivity index (χ4v) is 4.36. The first-order chi connectivity index (χ1) is 15.0. The predicted octanol–water partition coefficient (Wildman–Crippen LogP) is 4.51. The summed E-state index contributed by atoms with van der Waals surface area (Å²) in [5, 5.41) is 3.86. The van der Waals surface area contributed by atoms with Gasteiger partial charge in [-0.2, -0.15) is 0 Å². The molecular formula is C23H25Cl2N3O3. The molecule has 2 aromatic rings. The first-order valence-corrected chi connectivity index (χ1v) is 10.7. The molecule has 0 aromatic heterocycles. The molecular weight excluding hydrogens is 437 g/mol. The van der Waals surface area contributed by atoms with Gasteiger partial charge in [-0.25, -0.2) is 5.43 Å². The van der Waals surface area contributed by atoms with Crippen molar-refractivity contribution in [2.24, 2.45) is 0 Å². The van der Waals surface area contributed by atoms with E-state index in [9.17, 15) is 4.79 Å². The van der Waals surface area contributed by atoms with Gasteiger partial charge in [-0.05, 0) is 49.3 Å². The number of halogens is 2. The summed E-state index contributed by atoms with van der Waals surface area (Å²) in [7, 11) is 3.13. The van der Waals surface area contributed by atoms with Gasteiger partial charge in [0.15, 0.2) is 0 Å². The molecule has 0 aliphatic carbocycles. The minimum Gasteiger partial charge on any atom is -0.495 e. The number of benzene rings is 2. The Labute approximate surface area is 192 Å². The fourth-order valence-electron chi connectivity index (χ4n) is 3.67. The van der Waals surface area contributed by atoms with Crippen LogP contribution >= 0.6 is 23.2 Å². The van der Waals surface area contributed by atoms with Crippen LogP contribution in [-0.4, -0.2) is 26.2 Å². The summed E-state index contributed by atoms with van der Waals surface area (Å²) in [6, 6.07) is 9.63. The van der Waals surface area contributed by atoms with E-state index in [1.165, 1.54) is 0 Å². The summed E-state index contributed by atoms with van der Waals surface area (Å²) < 4.78 is 10.7. The number of hydrogen-bond donors (Lipinski definition) is 3. The van der Waals surface area contributed by atoms with E-state index in [1.54, 1.807) is 27.2 Å². The van der Waals surface area contributed by atoms with E-state index in [0.717, 1.165) is 29.7 Å². The highest BCUT2D eigenvalue weighted by atomic mass is 35.5. The van der Waals surface area contributed by atoms with Gasteiger partial charge in [-0.1, -0.05) is 47.3 Å². The topological polar surface area (TPSA) is 71.6 Å². The monoisotopic (exact) mass is 461 g/mol. The highest BCUT2D eigenvalue weighted by Gasteiger charge is 2.27. The fraction of sp³-hybridized carbons (Fsp3) is 0.348. The van der Waals surface area contributed by atoms with Crippen molar-refractivity contribution in [3.63, 3.8) is 0 Å². The van der Waals surface area contributed by atoms with Gasteiger partial charge in [0.2, 0.25) is 0 Å². The Bertz CT molecular complexity index is 989. The number of hydrogen-bond acceptors (Lipinski definition) is 5. The predicted molar refractivity (Wildman–Crippen MR) is 124 cm³/mol. The van der Waals surface area contributed by atoms with E-state index in [1.807, 2.05) is 24.3 Å². The number of rotatable bonds is 7. The van der Waals surface area contributed by atoms with Crippen molar-refractivity contribution in [2.45, 2.75) is 38.3 Å². The van der Waals surface area contributed by atoms with Gasteiger partial charge in [-0.3, -0.25) is 10.2 Å². The number of hydrazine groups is 1. The normalized spacial score (nSPS) is 17.6. The Morgan fingerprint density at radius 2 is 1.84 bits per heavy atom. The summed E-state index contributed by atoms with van der Waals surface area (Å²) in [6.45, 7) is 1.63. The zero-order valence-electron chi connectivity index (χ0n) is 17.6. The smallest absolute Gasteiger partial charge is 0.300 e. The molecule has 31 heavy (non-hydrogen) atoms. The standard InChI is InChI=1S/C23H25Cl2N3O3/c1-4-7-21(29)26-17-9-6-5-8-15(17)18-12-14(27-28-18)10-11-16-22(24)19(30-2)13-20(31-3)23(16)25/h5-6,8-9,13-14,18,27-28H,10-12H2,1-3H3,(H,26,29). The Kier molecular flexibility index (Phi) is 8.05. The second kappa shape index (κ2) is 10.7. The maximum Gasteiger partial charge on any atom is 0.300 e. The molecule has 1 aliphatic rings. The summed E-state index contributed by atoms with van der Waals surface area (Å²) in [5.41, 5.74) is 9.22. The van der Waals surface area contributed by atoms with E-state index in [0.29, 0.717) is 28.0 Å². The Morgan fingerprint density at radius 1 is 1.16 bits per heavy atom. The highest BCUT2D eigenvalue weighted by Crippen LogP contribution is 2.41. The second-order valence-corrected chi connectivity index (χ2v) is 7.87. The van der Waals surface area contributed by atoms with E-state index in [2.05, 4.69) is 28.0 Å². The molecule has 0 saturated carbocycles. The van der Waals surface area contributed by atoms with Crippen LogP contribution in [0.25, 0.3) is 0 Å². The van der Waals surface area contributed by atoms with Gasteiger partial charge in [0.1, 0.15) is 11.5 Å². The van der Waals surface area contributed by atoms with Crippen LogP contribution in [0, 0.1) is 11.8 Å². The summed E-state index contributed by atoms with van der Waals surface area (Å²) >= 11 is 13.0. The average molecular weight is 462 g/mol. The maximum absolute atomic E-state index is 11.9. The minimum absolute atomic E-state index is 0.0434. The van der Waals surface area contributed by atoms with Crippen molar-refractivity contribution < 1.29 is 14.3 Å². The number of anilines is 1. The van der Waals surface area contributed by atoms with Gasteiger partial charge in [0.25, 0.3) is 5.91 Å². The number of ether oxygens (including phenoxy) is 2. The van der Waals surface area contributed by atoms with Crippen LogP contribution in [-0.2, 0) is 11.2 Å². The maximum atomic E-state index is 11.9. The highest BCUT2D eigenvalue weighted by molar-refractivity contribution is 6.37. The average Bonchev–Trinajstić information content (AvgIpc) is 3.23. The van der Waals surface area contributed by atoms with Gasteiger partial charge >= 0.3 is 0 Å². The SMILES string of the molecule is CC#CC(=O)Nc1ccccc1C1CC(CCc2c(Cl)c(OC)cc(OC)c2Cl)NN1. The Balaban J connectivity index is 1.70. The minimum atomic E-state index is -0.325. The lowest BCUT2D eigenvalue weighted by atomic mass is 9.96. The lowest BCUT2D eigenvalue weighted by Gasteiger charge is -2.16. The lowest BCUT2D eigenvalue weighted by molar-refractivity contribution is -0.111. The van der Waals surface area contributed by atoms with E-state index in [-0.39, 0.29) is 18.0 Å². The molecule has 3 rings (SSSR count). The molecule has 8 heteroatoms. The van der Waals surface area contributed by atoms with Crippen LogP contribution in [0.4, 0.5) is 5.69 Å². The Hall–Kier alpha value is -2.43. The number of methoxy groups -OCH3 is 2. The second-order valence-electron chi connectivity index (χ2n) is 7.12. The molecule has 0 radical (unpaired) electrons. The van der Waals surface area contributed by atoms with Crippen molar-refractivity contribution in [2.75, 3.05) is 19.5 Å². The molecule has 2 atom stereocenters. The van der Waals surface area contributed by atoms with E-state index < -0.39 is 0 Å². The van der Waals surface area contributed by atoms with Crippen LogP contribution in [0.1, 0.15) is 36.9 Å².